The average molecular weight is 393 g/mol. The molecule has 1 aromatic rings. The van der Waals surface area contributed by atoms with Crippen LogP contribution in [-0.2, 0) is 14.4 Å². The van der Waals surface area contributed by atoms with Gasteiger partial charge < -0.3 is 15.3 Å². The minimum Gasteiger partial charge on any atom is -0.480 e. The van der Waals surface area contributed by atoms with Gasteiger partial charge in [-0.25, -0.2) is 4.79 Å². The summed E-state index contributed by atoms with van der Waals surface area (Å²) in [6, 6.07) is 8.25. The number of nitrogens with one attached hydrogen (secondary N) is 1. The van der Waals surface area contributed by atoms with Crippen molar-refractivity contribution in [3.63, 3.8) is 0 Å². The van der Waals surface area contributed by atoms with Gasteiger partial charge in [0.25, 0.3) is 0 Å². The molecule has 0 radical (unpaired) electrons. The van der Waals surface area contributed by atoms with E-state index in [1.54, 1.807) is 0 Å². The van der Waals surface area contributed by atoms with Crippen LogP contribution < -0.4 is 5.32 Å². The summed E-state index contributed by atoms with van der Waals surface area (Å²) in [7, 11) is 0. The second-order valence-corrected chi connectivity index (χ2v) is 9.33. The molecular weight excluding hydrogens is 372 g/mol. The number of β-lactam (4-membered cyclic amide) rings is 1. The zero-order valence-corrected chi connectivity index (χ0v) is 16.0. The van der Waals surface area contributed by atoms with Crippen molar-refractivity contribution in [3.8, 4) is 0 Å². The quantitative estimate of drug-likeness (QED) is 0.721. The lowest BCUT2D eigenvalue weighted by Crippen LogP contribution is -2.70. The standard InChI is InChI=1S/C18H20N2O4S2/c1-18(2)14(17(23)24)20-15(22)13(16(20)26-18)19-12(21)10-25-9-8-11-6-4-3-5-7-11/h3-9,13-14,16H,10H2,1-2H3,(H,19,21)(H,23,24)/b9-8+/t13-,14?,16+/m1/s1. The Bertz CT molecular complexity index is 751. The van der Waals surface area contributed by atoms with Crippen molar-refractivity contribution >= 4 is 47.4 Å². The van der Waals surface area contributed by atoms with Crippen LogP contribution in [0.3, 0.4) is 0 Å². The van der Waals surface area contributed by atoms with Gasteiger partial charge in [-0.3, -0.25) is 9.59 Å². The van der Waals surface area contributed by atoms with E-state index in [4.69, 9.17) is 0 Å². The summed E-state index contributed by atoms with van der Waals surface area (Å²) in [6.45, 7) is 3.62. The summed E-state index contributed by atoms with van der Waals surface area (Å²) >= 11 is 2.77. The molecule has 6 nitrogen and oxygen atoms in total. The van der Waals surface area contributed by atoms with Gasteiger partial charge >= 0.3 is 5.97 Å². The number of nitrogens with zero attached hydrogens (tertiary/aromatic N) is 1. The zero-order valence-electron chi connectivity index (χ0n) is 14.4. The summed E-state index contributed by atoms with van der Waals surface area (Å²) in [5.74, 6) is -1.36. The summed E-state index contributed by atoms with van der Waals surface area (Å²) in [4.78, 5) is 37.3. The Morgan fingerprint density at radius 1 is 1.35 bits per heavy atom. The first-order chi connectivity index (χ1) is 12.3. The first-order valence-corrected chi connectivity index (χ1v) is 10.1. The molecule has 0 bridgehead atoms. The van der Waals surface area contributed by atoms with Crippen LogP contribution in [0.1, 0.15) is 19.4 Å². The molecule has 0 saturated carbocycles. The number of benzene rings is 1. The Morgan fingerprint density at radius 2 is 2.04 bits per heavy atom. The van der Waals surface area contributed by atoms with Crippen molar-refractivity contribution in [2.75, 3.05) is 5.75 Å². The Hall–Kier alpha value is -1.93. The highest BCUT2D eigenvalue weighted by atomic mass is 32.2. The van der Waals surface area contributed by atoms with Gasteiger partial charge in [-0.1, -0.05) is 30.3 Å². The number of carbonyl (C=O) groups excluding carboxylic acids is 2. The lowest BCUT2D eigenvalue weighted by atomic mass is 9.96. The molecule has 1 unspecified atom stereocenters. The van der Waals surface area contributed by atoms with E-state index in [1.807, 2.05) is 55.7 Å². The average Bonchev–Trinajstić information content (AvgIpc) is 2.86. The zero-order chi connectivity index (χ0) is 18.9. The largest absolute Gasteiger partial charge is 0.480 e. The maximum atomic E-state index is 12.3. The number of hydrogen-bond donors (Lipinski definition) is 2. The number of rotatable bonds is 6. The third kappa shape index (κ3) is 3.61. The Labute approximate surface area is 160 Å². The monoisotopic (exact) mass is 392 g/mol. The molecule has 2 fully saturated rings. The van der Waals surface area contributed by atoms with Gasteiger partial charge in [-0.2, -0.15) is 0 Å². The van der Waals surface area contributed by atoms with Gasteiger partial charge in [0.1, 0.15) is 17.5 Å². The predicted molar refractivity (Wildman–Crippen MR) is 104 cm³/mol. The highest BCUT2D eigenvalue weighted by molar-refractivity contribution is 8.02. The summed E-state index contributed by atoms with van der Waals surface area (Å²) in [6.07, 6.45) is 1.92. The molecule has 2 aliphatic heterocycles. The topological polar surface area (TPSA) is 86.7 Å². The van der Waals surface area contributed by atoms with Gasteiger partial charge in [-0.05, 0) is 30.9 Å². The van der Waals surface area contributed by atoms with E-state index in [9.17, 15) is 19.5 Å². The van der Waals surface area contributed by atoms with Crippen LogP contribution in [0.25, 0.3) is 6.08 Å². The molecule has 0 aromatic heterocycles. The van der Waals surface area contributed by atoms with Crippen molar-refractivity contribution in [2.45, 2.75) is 36.1 Å². The number of aliphatic carboxylic acids is 1. The summed E-state index contributed by atoms with van der Waals surface area (Å²) in [5, 5.41) is 13.7. The van der Waals surface area contributed by atoms with Gasteiger partial charge in [0, 0.05) is 4.75 Å². The van der Waals surface area contributed by atoms with Gasteiger partial charge in [0.15, 0.2) is 0 Å². The number of carboxylic acids is 1. The van der Waals surface area contributed by atoms with E-state index in [2.05, 4.69) is 5.32 Å². The highest BCUT2D eigenvalue weighted by Gasteiger charge is 2.64. The highest BCUT2D eigenvalue weighted by Crippen LogP contribution is 2.50. The first-order valence-electron chi connectivity index (χ1n) is 8.16. The minimum absolute atomic E-state index is 0.205. The molecule has 2 amide bonds. The normalized spacial score (nSPS) is 26.5. The van der Waals surface area contributed by atoms with Crippen LogP contribution in [0.2, 0.25) is 0 Å². The summed E-state index contributed by atoms with van der Waals surface area (Å²) in [5.41, 5.74) is 1.05. The molecule has 1 aromatic carbocycles. The van der Waals surface area contributed by atoms with Crippen molar-refractivity contribution in [2.24, 2.45) is 0 Å². The fraction of sp³-hybridized carbons (Fsp3) is 0.389. The van der Waals surface area contributed by atoms with Gasteiger partial charge in [0.05, 0.1) is 5.75 Å². The van der Waals surface area contributed by atoms with E-state index in [1.165, 1.54) is 28.4 Å². The van der Waals surface area contributed by atoms with Crippen LogP contribution >= 0.6 is 23.5 Å². The molecule has 2 aliphatic rings. The minimum atomic E-state index is -1.01. The van der Waals surface area contributed by atoms with E-state index in [0.29, 0.717) is 0 Å². The fourth-order valence-electron chi connectivity index (χ4n) is 3.18. The number of thioether (sulfide) groups is 2. The molecule has 26 heavy (non-hydrogen) atoms. The Balaban J connectivity index is 1.51. The van der Waals surface area contributed by atoms with Crippen LogP contribution in [0.5, 0.6) is 0 Å². The third-order valence-electron chi connectivity index (χ3n) is 4.36. The van der Waals surface area contributed by atoms with Crippen molar-refractivity contribution in [1.29, 1.82) is 0 Å². The number of carbonyl (C=O) groups is 3. The molecule has 0 aliphatic carbocycles. The molecule has 2 N–H and O–H groups in total. The number of hydrogen-bond acceptors (Lipinski definition) is 5. The molecule has 8 heteroatoms. The van der Waals surface area contributed by atoms with Crippen molar-refractivity contribution < 1.29 is 19.5 Å². The lowest BCUT2D eigenvalue weighted by molar-refractivity contribution is -0.160. The van der Waals surface area contributed by atoms with Gasteiger partial charge in [0.2, 0.25) is 11.8 Å². The maximum absolute atomic E-state index is 12.3. The maximum Gasteiger partial charge on any atom is 0.327 e. The van der Waals surface area contributed by atoms with Crippen LogP contribution in [0.4, 0.5) is 0 Å². The van der Waals surface area contributed by atoms with Crippen molar-refractivity contribution in [1.82, 2.24) is 10.2 Å². The Kier molecular flexibility index (Phi) is 5.34. The Morgan fingerprint density at radius 3 is 2.69 bits per heavy atom. The van der Waals surface area contributed by atoms with E-state index in [-0.39, 0.29) is 22.9 Å². The molecule has 3 atom stereocenters. The number of fused-ring (bicyclic) bond motifs is 1. The fourth-order valence-corrected chi connectivity index (χ4v) is 5.38. The van der Waals surface area contributed by atoms with Crippen molar-refractivity contribution in [3.05, 3.63) is 41.3 Å². The number of amides is 2. The van der Waals surface area contributed by atoms with Crippen LogP contribution in [0.15, 0.2) is 35.7 Å². The number of carboxylic acid groups (broad SMARTS) is 1. The second-order valence-electron chi connectivity index (χ2n) is 6.67. The van der Waals surface area contributed by atoms with E-state index in [0.717, 1.165) is 5.56 Å². The molecular formula is C18H20N2O4S2. The predicted octanol–water partition coefficient (Wildman–Crippen LogP) is 2.02. The van der Waals surface area contributed by atoms with Gasteiger partial charge in [-0.15, -0.1) is 23.5 Å². The smallest absolute Gasteiger partial charge is 0.327 e. The van der Waals surface area contributed by atoms with E-state index < -0.39 is 22.8 Å². The molecule has 2 heterocycles. The lowest BCUT2D eigenvalue weighted by Gasteiger charge is -2.43. The SMILES string of the molecule is CC1(C)S[C@H]2[C@H](NC(=O)CS/C=C/c3ccccc3)C(=O)N2C1C(=O)O. The molecule has 3 rings (SSSR count). The molecule has 138 valence electrons. The first kappa shape index (κ1) is 18.8. The second kappa shape index (κ2) is 7.36. The molecule has 0 spiro atoms. The van der Waals surface area contributed by atoms with Crippen LogP contribution in [-0.4, -0.2) is 55.7 Å². The van der Waals surface area contributed by atoms with E-state index >= 15 is 0 Å². The van der Waals surface area contributed by atoms with Crippen LogP contribution in [0, 0.1) is 0 Å². The molecule has 2 saturated heterocycles. The third-order valence-corrected chi connectivity index (χ3v) is 6.69. The summed E-state index contributed by atoms with van der Waals surface area (Å²) < 4.78 is -0.585.